The van der Waals surface area contributed by atoms with Gasteiger partial charge in [-0.1, -0.05) is 24.1 Å². The van der Waals surface area contributed by atoms with Crippen molar-refractivity contribution in [3.05, 3.63) is 59.7 Å². The van der Waals surface area contributed by atoms with Gasteiger partial charge in [0, 0.05) is 37.1 Å². The van der Waals surface area contributed by atoms with E-state index in [1.807, 2.05) is 42.7 Å². The summed E-state index contributed by atoms with van der Waals surface area (Å²) in [4.78, 5) is 28.6. The highest BCUT2D eigenvalue weighted by molar-refractivity contribution is 7.99. The van der Waals surface area contributed by atoms with Gasteiger partial charge in [0.2, 0.25) is 5.91 Å². The number of anilines is 1. The predicted molar refractivity (Wildman–Crippen MR) is 108 cm³/mol. The molecule has 2 aromatic rings. The van der Waals surface area contributed by atoms with Crippen LogP contribution in [0, 0.1) is 0 Å². The molecule has 0 spiro atoms. The van der Waals surface area contributed by atoms with Gasteiger partial charge in [0.1, 0.15) is 12.3 Å². The van der Waals surface area contributed by atoms with Crippen molar-refractivity contribution in [3.63, 3.8) is 0 Å². The maximum atomic E-state index is 12.7. The summed E-state index contributed by atoms with van der Waals surface area (Å²) in [6, 6.07) is 15.0. The van der Waals surface area contributed by atoms with E-state index in [9.17, 15) is 9.59 Å². The minimum atomic E-state index is -0.111. The standard InChI is InChI=1S/C20H23N3O3S/c1-26-18-5-3-4-15(12-18)13-22-10-11-23(14-19(22)24)20(25)16-6-8-17(9-7-16)21-27-2/h3-9,12,21H,10-11,13-14H2,1-2H3. The van der Waals surface area contributed by atoms with Crippen molar-refractivity contribution < 1.29 is 14.3 Å². The Balaban J connectivity index is 1.60. The minimum absolute atomic E-state index is 0.0434. The molecule has 0 radical (unpaired) electrons. The Kier molecular flexibility index (Phi) is 6.24. The Hall–Kier alpha value is -2.67. The third-order valence-corrected chi connectivity index (χ3v) is 4.91. The molecule has 0 aromatic heterocycles. The van der Waals surface area contributed by atoms with Crippen molar-refractivity contribution in [3.8, 4) is 5.75 Å². The summed E-state index contributed by atoms with van der Waals surface area (Å²) in [6.45, 7) is 1.67. The summed E-state index contributed by atoms with van der Waals surface area (Å²) in [5.74, 6) is 0.617. The van der Waals surface area contributed by atoms with E-state index in [1.54, 1.807) is 29.0 Å². The normalized spacial score (nSPS) is 14.2. The third-order valence-electron chi connectivity index (χ3n) is 4.47. The zero-order valence-corrected chi connectivity index (χ0v) is 16.3. The molecule has 0 unspecified atom stereocenters. The van der Waals surface area contributed by atoms with E-state index in [1.165, 1.54) is 11.9 Å². The van der Waals surface area contributed by atoms with Gasteiger partial charge in [-0.3, -0.25) is 9.59 Å². The van der Waals surface area contributed by atoms with Crippen LogP contribution in [0.4, 0.5) is 5.69 Å². The van der Waals surface area contributed by atoms with Gasteiger partial charge in [-0.15, -0.1) is 0 Å². The number of nitrogens with one attached hydrogen (secondary N) is 1. The Labute approximate surface area is 163 Å². The molecule has 0 bridgehead atoms. The first-order valence-corrected chi connectivity index (χ1v) is 9.92. The molecule has 1 saturated heterocycles. The van der Waals surface area contributed by atoms with E-state index >= 15 is 0 Å². The lowest BCUT2D eigenvalue weighted by Gasteiger charge is -2.34. The molecule has 3 rings (SSSR count). The molecular weight excluding hydrogens is 362 g/mol. The monoisotopic (exact) mass is 385 g/mol. The van der Waals surface area contributed by atoms with E-state index in [0.29, 0.717) is 25.2 Å². The topological polar surface area (TPSA) is 61.9 Å². The number of carbonyl (C=O) groups is 2. The first-order chi connectivity index (χ1) is 13.1. The Morgan fingerprint density at radius 3 is 2.63 bits per heavy atom. The molecule has 0 aliphatic carbocycles. The van der Waals surface area contributed by atoms with Crippen LogP contribution in [0.5, 0.6) is 5.75 Å². The van der Waals surface area contributed by atoms with Gasteiger partial charge < -0.3 is 19.3 Å². The molecule has 1 aliphatic heterocycles. The lowest BCUT2D eigenvalue weighted by atomic mass is 10.1. The summed E-state index contributed by atoms with van der Waals surface area (Å²) in [7, 11) is 1.62. The maximum absolute atomic E-state index is 12.7. The van der Waals surface area contributed by atoms with E-state index in [4.69, 9.17) is 4.74 Å². The zero-order valence-electron chi connectivity index (χ0n) is 15.5. The van der Waals surface area contributed by atoms with Crippen LogP contribution in [-0.2, 0) is 11.3 Å². The number of amides is 2. The van der Waals surface area contributed by atoms with Gasteiger partial charge >= 0.3 is 0 Å². The number of carbonyl (C=O) groups excluding carboxylic acids is 2. The molecular formula is C20H23N3O3S. The van der Waals surface area contributed by atoms with Crippen LogP contribution in [0.1, 0.15) is 15.9 Å². The number of rotatable bonds is 6. The predicted octanol–water partition coefficient (Wildman–Crippen LogP) is 2.87. The van der Waals surface area contributed by atoms with Crippen molar-refractivity contribution in [1.29, 1.82) is 0 Å². The summed E-state index contributed by atoms with van der Waals surface area (Å²) in [6.07, 6.45) is 1.94. The Morgan fingerprint density at radius 2 is 1.96 bits per heavy atom. The molecule has 1 fully saturated rings. The number of ether oxygens (including phenoxy) is 1. The number of benzene rings is 2. The number of methoxy groups -OCH3 is 1. The molecule has 142 valence electrons. The fourth-order valence-corrected chi connectivity index (χ4v) is 3.39. The maximum Gasteiger partial charge on any atom is 0.254 e. The summed E-state index contributed by atoms with van der Waals surface area (Å²) in [5.41, 5.74) is 2.55. The van der Waals surface area contributed by atoms with E-state index in [2.05, 4.69) is 4.72 Å². The molecule has 0 atom stereocenters. The largest absolute Gasteiger partial charge is 0.497 e. The quantitative estimate of drug-likeness (QED) is 0.775. The van der Waals surface area contributed by atoms with Crippen LogP contribution in [0.25, 0.3) is 0 Å². The summed E-state index contributed by atoms with van der Waals surface area (Å²) < 4.78 is 8.35. The van der Waals surface area contributed by atoms with Gasteiger partial charge in [0.25, 0.3) is 5.91 Å². The van der Waals surface area contributed by atoms with Crippen LogP contribution >= 0.6 is 11.9 Å². The second-order valence-corrected chi connectivity index (χ2v) is 6.89. The molecule has 1 N–H and O–H groups in total. The number of piperazine rings is 1. The minimum Gasteiger partial charge on any atom is -0.497 e. The molecule has 27 heavy (non-hydrogen) atoms. The Bertz CT molecular complexity index is 810. The number of hydrogen-bond donors (Lipinski definition) is 1. The molecule has 1 heterocycles. The van der Waals surface area contributed by atoms with Crippen molar-refractivity contribution in [2.24, 2.45) is 0 Å². The van der Waals surface area contributed by atoms with Crippen molar-refractivity contribution in [2.75, 3.05) is 37.7 Å². The van der Waals surface area contributed by atoms with Crippen LogP contribution in [0.15, 0.2) is 48.5 Å². The van der Waals surface area contributed by atoms with Crippen molar-refractivity contribution in [2.45, 2.75) is 6.54 Å². The molecule has 1 aliphatic rings. The summed E-state index contributed by atoms with van der Waals surface area (Å²) >= 11 is 1.50. The average molecular weight is 385 g/mol. The second kappa shape index (κ2) is 8.81. The number of nitrogens with zero attached hydrogens (tertiary/aromatic N) is 2. The molecule has 7 heteroatoms. The van der Waals surface area contributed by atoms with Gasteiger partial charge in [0.15, 0.2) is 0 Å². The Morgan fingerprint density at radius 1 is 1.19 bits per heavy atom. The second-order valence-electron chi connectivity index (χ2n) is 6.28. The van der Waals surface area contributed by atoms with E-state index in [0.717, 1.165) is 17.0 Å². The van der Waals surface area contributed by atoms with Crippen molar-refractivity contribution >= 4 is 29.4 Å². The fourth-order valence-electron chi connectivity index (χ4n) is 3.02. The smallest absolute Gasteiger partial charge is 0.254 e. The first kappa shape index (κ1) is 19.1. The average Bonchev–Trinajstić information content (AvgIpc) is 2.70. The van der Waals surface area contributed by atoms with E-state index < -0.39 is 0 Å². The lowest BCUT2D eigenvalue weighted by Crippen LogP contribution is -2.51. The zero-order chi connectivity index (χ0) is 19.2. The van der Waals surface area contributed by atoms with Gasteiger partial charge in [0.05, 0.1) is 7.11 Å². The summed E-state index contributed by atoms with van der Waals surface area (Å²) in [5, 5.41) is 0. The number of hydrogen-bond acceptors (Lipinski definition) is 5. The molecule has 0 saturated carbocycles. The highest BCUT2D eigenvalue weighted by Crippen LogP contribution is 2.18. The first-order valence-electron chi connectivity index (χ1n) is 8.69. The molecule has 6 nitrogen and oxygen atoms in total. The van der Waals surface area contributed by atoms with Gasteiger partial charge in [-0.2, -0.15) is 0 Å². The SMILES string of the molecule is COc1cccc(CN2CCN(C(=O)c3ccc(NSC)cc3)CC2=O)c1. The van der Waals surface area contributed by atoms with Crippen LogP contribution in [0.2, 0.25) is 0 Å². The van der Waals surface area contributed by atoms with Crippen LogP contribution in [0.3, 0.4) is 0 Å². The van der Waals surface area contributed by atoms with E-state index in [-0.39, 0.29) is 18.4 Å². The highest BCUT2D eigenvalue weighted by atomic mass is 32.2. The highest BCUT2D eigenvalue weighted by Gasteiger charge is 2.27. The lowest BCUT2D eigenvalue weighted by molar-refractivity contribution is -0.135. The third kappa shape index (κ3) is 4.74. The van der Waals surface area contributed by atoms with Crippen LogP contribution in [-0.4, -0.2) is 54.6 Å². The molecule has 2 aromatic carbocycles. The van der Waals surface area contributed by atoms with Gasteiger partial charge in [-0.05, 0) is 42.0 Å². The van der Waals surface area contributed by atoms with Crippen LogP contribution < -0.4 is 9.46 Å². The van der Waals surface area contributed by atoms with Crippen molar-refractivity contribution in [1.82, 2.24) is 9.80 Å². The molecule has 2 amide bonds. The van der Waals surface area contributed by atoms with Gasteiger partial charge in [-0.25, -0.2) is 0 Å². The fraction of sp³-hybridized carbons (Fsp3) is 0.300.